The maximum Gasteiger partial charge on any atom is 0.219 e. The van der Waals surface area contributed by atoms with Gasteiger partial charge in [-0.1, -0.05) is 12.2 Å². The largest absolute Gasteiger partial charge is 0.473 e. The van der Waals surface area contributed by atoms with Gasteiger partial charge in [-0.15, -0.1) is 0 Å². The molecule has 0 saturated carbocycles. The smallest absolute Gasteiger partial charge is 0.219 e. The second-order valence-electron chi connectivity index (χ2n) is 2.66. The van der Waals surface area contributed by atoms with Crippen molar-refractivity contribution in [3.05, 3.63) is 24.0 Å². The number of hydrogen-bond donors (Lipinski definition) is 2. The lowest BCUT2D eigenvalue weighted by molar-refractivity contribution is 0.347. The van der Waals surface area contributed by atoms with Gasteiger partial charge in [-0.2, -0.15) is 4.98 Å². The molecule has 0 unspecified atom stereocenters. The van der Waals surface area contributed by atoms with Gasteiger partial charge in [-0.25, -0.2) is 10.8 Å². The van der Waals surface area contributed by atoms with Crippen LogP contribution in [0.3, 0.4) is 0 Å². The van der Waals surface area contributed by atoms with Crippen LogP contribution in [0.2, 0.25) is 0 Å². The van der Waals surface area contributed by atoms with E-state index in [2.05, 4.69) is 15.4 Å². The van der Waals surface area contributed by atoms with Crippen molar-refractivity contribution in [2.24, 2.45) is 5.84 Å². The molecule has 1 aromatic heterocycles. The molecule has 1 heterocycles. The monoisotopic (exact) mass is 194 g/mol. The molecule has 3 N–H and O–H groups in total. The molecule has 0 spiro atoms. The quantitative estimate of drug-likeness (QED) is 0.425. The zero-order valence-corrected chi connectivity index (χ0v) is 8.32. The Morgan fingerprint density at radius 1 is 1.57 bits per heavy atom. The van der Waals surface area contributed by atoms with Crippen LogP contribution >= 0.6 is 0 Å². The number of nitrogens with one attached hydrogen (secondary N) is 1. The Morgan fingerprint density at radius 2 is 2.36 bits per heavy atom. The van der Waals surface area contributed by atoms with Gasteiger partial charge in [0.05, 0.1) is 0 Å². The topological polar surface area (TPSA) is 73.1 Å². The number of hydrogen-bond acceptors (Lipinski definition) is 5. The second kappa shape index (κ2) is 5.18. The zero-order valence-electron chi connectivity index (χ0n) is 8.32. The van der Waals surface area contributed by atoms with Crippen molar-refractivity contribution < 1.29 is 4.74 Å². The van der Waals surface area contributed by atoms with E-state index in [9.17, 15) is 0 Å². The molecular weight excluding hydrogens is 180 g/mol. The van der Waals surface area contributed by atoms with Crippen molar-refractivity contribution in [3.63, 3.8) is 0 Å². The summed E-state index contributed by atoms with van der Waals surface area (Å²) < 4.78 is 5.34. The van der Waals surface area contributed by atoms with Crippen molar-refractivity contribution in [2.75, 3.05) is 12.0 Å². The predicted octanol–water partition coefficient (Wildman–Crippen LogP) is 1.03. The average Bonchev–Trinajstić information content (AvgIpc) is 2.17. The molecule has 0 aromatic carbocycles. The van der Waals surface area contributed by atoms with E-state index in [0.29, 0.717) is 24.1 Å². The van der Waals surface area contributed by atoms with Crippen molar-refractivity contribution in [1.82, 2.24) is 9.97 Å². The summed E-state index contributed by atoms with van der Waals surface area (Å²) in [5.41, 5.74) is 2.45. The van der Waals surface area contributed by atoms with Crippen LogP contribution in [-0.2, 0) is 0 Å². The van der Waals surface area contributed by atoms with Crippen LogP contribution in [0.15, 0.2) is 18.2 Å². The van der Waals surface area contributed by atoms with E-state index in [1.807, 2.05) is 19.1 Å². The first-order valence-electron chi connectivity index (χ1n) is 4.32. The van der Waals surface area contributed by atoms with Crippen molar-refractivity contribution >= 4 is 5.82 Å². The molecule has 0 bridgehead atoms. The van der Waals surface area contributed by atoms with E-state index in [4.69, 9.17) is 10.6 Å². The Morgan fingerprint density at radius 3 is 3.00 bits per heavy atom. The highest BCUT2D eigenvalue weighted by Gasteiger charge is 2.00. The molecule has 0 amide bonds. The maximum absolute atomic E-state index is 5.34. The van der Waals surface area contributed by atoms with E-state index in [1.165, 1.54) is 0 Å². The van der Waals surface area contributed by atoms with Gasteiger partial charge in [0.2, 0.25) is 5.88 Å². The van der Waals surface area contributed by atoms with Gasteiger partial charge in [0.15, 0.2) is 0 Å². The van der Waals surface area contributed by atoms with Crippen molar-refractivity contribution in [2.45, 2.75) is 13.8 Å². The minimum absolute atomic E-state index is 0.497. The van der Waals surface area contributed by atoms with Gasteiger partial charge in [0, 0.05) is 6.07 Å². The number of aryl methyl sites for hydroxylation is 1. The first kappa shape index (κ1) is 10.5. The molecule has 76 valence electrons. The highest BCUT2D eigenvalue weighted by molar-refractivity contribution is 5.36. The minimum atomic E-state index is 0.497. The van der Waals surface area contributed by atoms with Gasteiger partial charge in [-0.05, 0) is 13.8 Å². The van der Waals surface area contributed by atoms with Gasteiger partial charge < -0.3 is 10.2 Å². The summed E-state index contributed by atoms with van der Waals surface area (Å²) in [7, 11) is 0. The van der Waals surface area contributed by atoms with E-state index >= 15 is 0 Å². The fourth-order valence-electron chi connectivity index (χ4n) is 0.918. The molecule has 5 heteroatoms. The van der Waals surface area contributed by atoms with Crippen LogP contribution in [0.1, 0.15) is 12.7 Å². The molecule has 0 saturated heterocycles. The number of anilines is 1. The van der Waals surface area contributed by atoms with Crippen LogP contribution < -0.4 is 16.0 Å². The number of rotatable bonds is 4. The molecule has 5 nitrogen and oxygen atoms in total. The lowest BCUT2D eigenvalue weighted by Crippen LogP contribution is -2.10. The number of nitrogen functional groups attached to an aromatic ring is 1. The highest BCUT2D eigenvalue weighted by Crippen LogP contribution is 2.11. The molecule has 0 aliphatic heterocycles. The minimum Gasteiger partial charge on any atom is -0.473 e. The predicted molar refractivity (Wildman–Crippen MR) is 54.9 cm³/mol. The molecule has 0 fully saturated rings. The Balaban J connectivity index is 2.71. The molecule has 0 atom stereocenters. The number of nitrogens with two attached hydrogens (primary N) is 1. The lowest BCUT2D eigenvalue weighted by atomic mass is 10.5. The van der Waals surface area contributed by atoms with Crippen LogP contribution in [0, 0.1) is 6.92 Å². The van der Waals surface area contributed by atoms with Crippen LogP contribution in [0.4, 0.5) is 5.82 Å². The first-order valence-corrected chi connectivity index (χ1v) is 4.32. The van der Waals surface area contributed by atoms with E-state index in [0.717, 1.165) is 0 Å². The maximum atomic E-state index is 5.34. The zero-order chi connectivity index (χ0) is 10.4. The van der Waals surface area contributed by atoms with Gasteiger partial charge in [-0.3, -0.25) is 0 Å². The molecule has 0 radical (unpaired) electrons. The number of ether oxygens (including phenoxy) is 1. The fraction of sp³-hybridized carbons (Fsp3) is 0.333. The molecular formula is C9H14N4O. The second-order valence-corrected chi connectivity index (χ2v) is 2.66. The van der Waals surface area contributed by atoms with Crippen LogP contribution in [0.25, 0.3) is 0 Å². The summed E-state index contributed by atoms with van der Waals surface area (Å²) in [6, 6.07) is 1.65. The average molecular weight is 194 g/mol. The summed E-state index contributed by atoms with van der Waals surface area (Å²) in [5, 5.41) is 0. The number of allylic oxidation sites excluding steroid dienone is 1. The third-order valence-corrected chi connectivity index (χ3v) is 1.53. The lowest BCUT2D eigenvalue weighted by Gasteiger charge is -2.05. The number of nitrogens with zero attached hydrogens (tertiary/aromatic N) is 2. The van der Waals surface area contributed by atoms with Gasteiger partial charge >= 0.3 is 0 Å². The molecule has 1 rings (SSSR count). The normalized spacial score (nSPS) is 10.5. The van der Waals surface area contributed by atoms with Gasteiger partial charge in [0.25, 0.3) is 0 Å². The Hall–Kier alpha value is -1.62. The Labute approximate surface area is 83.0 Å². The SMILES string of the molecule is C/C=C/COc1cc(NN)nc(C)n1. The third kappa shape index (κ3) is 3.02. The van der Waals surface area contributed by atoms with E-state index in [1.54, 1.807) is 13.0 Å². The molecule has 14 heavy (non-hydrogen) atoms. The fourth-order valence-corrected chi connectivity index (χ4v) is 0.918. The van der Waals surface area contributed by atoms with Gasteiger partial charge in [0.1, 0.15) is 18.2 Å². The summed E-state index contributed by atoms with van der Waals surface area (Å²) in [6.45, 7) is 4.21. The summed E-state index contributed by atoms with van der Waals surface area (Å²) in [6.07, 6.45) is 3.81. The summed E-state index contributed by atoms with van der Waals surface area (Å²) in [4.78, 5) is 8.13. The van der Waals surface area contributed by atoms with Crippen molar-refractivity contribution in [3.8, 4) is 5.88 Å². The first-order chi connectivity index (χ1) is 6.76. The van der Waals surface area contributed by atoms with E-state index in [-0.39, 0.29) is 0 Å². The third-order valence-electron chi connectivity index (χ3n) is 1.53. The van der Waals surface area contributed by atoms with Crippen LogP contribution in [-0.4, -0.2) is 16.6 Å². The summed E-state index contributed by atoms with van der Waals surface area (Å²) in [5.74, 6) is 6.92. The number of hydrazine groups is 1. The molecule has 0 aliphatic carbocycles. The van der Waals surface area contributed by atoms with E-state index < -0.39 is 0 Å². The number of aromatic nitrogens is 2. The van der Waals surface area contributed by atoms with Crippen LogP contribution in [0.5, 0.6) is 5.88 Å². The Bertz CT molecular complexity index is 325. The van der Waals surface area contributed by atoms with Crippen molar-refractivity contribution in [1.29, 1.82) is 0 Å². The Kier molecular flexibility index (Phi) is 3.87. The summed E-state index contributed by atoms with van der Waals surface area (Å²) >= 11 is 0. The molecule has 1 aromatic rings. The molecule has 0 aliphatic rings. The highest BCUT2D eigenvalue weighted by atomic mass is 16.5. The standard InChI is InChI=1S/C9H14N4O/c1-3-4-5-14-9-6-8(13-10)11-7(2)12-9/h3-4,6H,5,10H2,1-2H3,(H,11,12,13)/b4-3+.